The third kappa shape index (κ3) is 6.08. The van der Waals surface area contributed by atoms with E-state index in [9.17, 15) is 9.90 Å². The highest BCUT2D eigenvalue weighted by Crippen LogP contribution is 2.27. The van der Waals surface area contributed by atoms with Crippen molar-refractivity contribution in [2.75, 3.05) is 28.2 Å². The predicted octanol–water partition coefficient (Wildman–Crippen LogP) is 4.72. The van der Waals surface area contributed by atoms with E-state index in [0.717, 1.165) is 16.7 Å². The summed E-state index contributed by atoms with van der Waals surface area (Å²) in [6.45, 7) is 1.09. The van der Waals surface area contributed by atoms with Crippen LogP contribution in [0.25, 0.3) is 6.08 Å². The number of aromatic hydroxyl groups is 1. The number of hydrogen-bond donors (Lipinski definition) is 1. The minimum atomic E-state index is -0.138. The lowest BCUT2D eigenvalue weighted by Crippen LogP contribution is -2.15. The first-order valence-electron chi connectivity index (χ1n) is 8.49. The van der Waals surface area contributed by atoms with E-state index in [0.29, 0.717) is 28.7 Å². The average molecular weight is 407 g/mol. The van der Waals surface area contributed by atoms with Crippen molar-refractivity contribution < 1.29 is 9.90 Å². The summed E-state index contributed by atoms with van der Waals surface area (Å²) in [7, 11) is 7.68. The minimum Gasteiger partial charge on any atom is -0.507 e. The highest BCUT2D eigenvalue weighted by molar-refractivity contribution is 6.42. The van der Waals surface area contributed by atoms with Gasteiger partial charge in [0.25, 0.3) is 0 Å². The molecule has 0 aliphatic rings. The highest BCUT2D eigenvalue weighted by Gasteiger charge is 2.14. The molecule has 2 aromatic rings. The molecule has 4 nitrogen and oxygen atoms in total. The Morgan fingerprint density at radius 1 is 0.963 bits per heavy atom. The maximum Gasteiger partial charge on any atom is 0.185 e. The Hall–Kier alpha value is -1.85. The van der Waals surface area contributed by atoms with E-state index in [4.69, 9.17) is 23.2 Å². The normalized spacial score (nSPS) is 11.7. The molecule has 2 rings (SSSR count). The number of allylic oxidation sites excluding steroid dienone is 1. The molecule has 0 amide bonds. The maximum atomic E-state index is 12.7. The quantitative estimate of drug-likeness (QED) is 0.533. The Kier molecular flexibility index (Phi) is 7.45. The van der Waals surface area contributed by atoms with E-state index in [1.165, 1.54) is 6.08 Å². The first-order valence-corrected chi connectivity index (χ1v) is 9.24. The average Bonchev–Trinajstić information content (AvgIpc) is 2.58. The van der Waals surface area contributed by atoms with Crippen LogP contribution in [0.4, 0.5) is 0 Å². The number of ketones is 1. The van der Waals surface area contributed by atoms with E-state index < -0.39 is 0 Å². The van der Waals surface area contributed by atoms with Gasteiger partial charge in [0.15, 0.2) is 5.78 Å². The van der Waals surface area contributed by atoms with Crippen LogP contribution >= 0.6 is 23.2 Å². The number of nitrogens with zero attached hydrogens (tertiary/aromatic N) is 2. The SMILES string of the molecule is CN(C)Cc1cc(C(=O)C=Cc2ccc(Cl)c(Cl)c2)cc(CN(C)C)c1O. The molecule has 0 heterocycles. The molecule has 0 aliphatic carbocycles. The Bertz CT molecular complexity index is 830. The molecular weight excluding hydrogens is 383 g/mol. The lowest BCUT2D eigenvalue weighted by atomic mass is 10.00. The van der Waals surface area contributed by atoms with Crippen molar-refractivity contribution in [2.45, 2.75) is 13.1 Å². The Balaban J connectivity index is 2.35. The molecule has 0 aliphatic heterocycles. The first-order chi connectivity index (χ1) is 12.7. The Morgan fingerprint density at radius 2 is 1.52 bits per heavy atom. The first kappa shape index (κ1) is 21.5. The summed E-state index contributed by atoms with van der Waals surface area (Å²) in [4.78, 5) is 16.6. The lowest BCUT2D eigenvalue weighted by molar-refractivity contribution is 0.104. The van der Waals surface area contributed by atoms with Crippen LogP contribution in [-0.4, -0.2) is 48.9 Å². The second-order valence-corrected chi connectivity index (χ2v) is 7.80. The lowest BCUT2D eigenvalue weighted by Gasteiger charge is -2.17. The second-order valence-electron chi connectivity index (χ2n) is 6.99. The van der Waals surface area contributed by atoms with Crippen molar-refractivity contribution in [3.05, 3.63) is 68.7 Å². The van der Waals surface area contributed by atoms with E-state index >= 15 is 0 Å². The molecule has 0 radical (unpaired) electrons. The molecule has 0 fully saturated rings. The summed E-state index contributed by atoms with van der Waals surface area (Å²) < 4.78 is 0. The summed E-state index contributed by atoms with van der Waals surface area (Å²) >= 11 is 11.9. The van der Waals surface area contributed by atoms with Crippen LogP contribution in [-0.2, 0) is 13.1 Å². The molecule has 0 unspecified atom stereocenters. The smallest absolute Gasteiger partial charge is 0.185 e. The van der Waals surface area contributed by atoms with Crippen LogP contribution in [0.15, 0.2) is 36.4 Å². The van der Waals surface area contributed by atoms with Crippen LogP contribution in [0.3, 0.4) is 0 Å². The second kappa shape index (κ2) is 9.38. The molecule has 0 atom stereocenters. The predicted molar refractivity (Wildman–Crippen MR) is 113 cm³/mol. The van der Waals surface area contributed by atoms with Crippen molar-refractivity contribution >= 4 is 35.1 Å². The number of carbonyl (C=O) groups excluding carboxylic acids is 1. The van der Waals surface area contributed by atoms with Crippen molar-refractivity contribution in [1.29, 1.82) is 0 Å². The summed E-state index contributed by atoms with van der Waals surface area (Å²) in [6.07, 6.45) is 3.21. The fourth-order valence-electron chi connectivity index (χ4n) is 2.71. The molecule has 0 bridgehead atoms. The van der Waals surface area contributed by atoms with Gasteiger partial charge in [-0.1, -0.05) is 35.3 Å². The zero-order valence-electron chi connectivity index (χ0n) is 16.0. The number of halogens is 2. The molecule has 0 saturated heterocycles. The zero-order valence-corrected chi connectivity index (χ0v) is 17.5. The van der Waals surface area contributed by atoms with E-state index in [1.807, 2.05) is 38.0 Å². The van der Waals surface area contributed by atoms with E-state index in [1.54, 1.807) is 36.4 Å². The van der Waals surface area contributed by atoms with Crippen LogP contribution in [0.5, 0.6) is 5.75 Å². The number of phenolic OH excluding ortho intramolecular Hbond substituents is 1. The van der Waals surface area contributed by atoms with Gasteiger partial charge in [-0.05, 0) is 64.1 Å². The van der Waals surface area contributed by atoms with E-state index in [2.05, 4.69) is 0 Å². The van der Waals surface area contributed by atoms with Gasteiger partial charge in [0, 0.05) is 29.8 Å². The van der Waals surface area contributed by atoms with Crippen LogP contribution in [0.2, 0.25) is 10.0 Å². The third-order valence-corrected chi connectivity index (χ3v) is 4.64. The molecular formula is C21H24Cl2N2O2. The minimum absolute atomic E-state index is 0.138. The van der Waals surface area contributed by atoms with Crippen molar-refractivity contribution in [1.82, 2.24) is 9.80 Å². The summed E-state index contributed by atoms with van der Waals surface area (Å²) in [5.74, 6) is 0.100. The summed E-state index contributed by atoms with van der Waals surface area (Å²) in [5, 5.41) is 11.5. The van der Waals surface area contributed by atoms with Gasteiger partial charge in [-0.25, -0.2) is 0 Å². The van der Waals surface area contributed by atoms with Gasteiger partial charge in [0.2, 0.25) is 0 Å². The van der Waals surface area contributed by atoms with Crippen LogP contribution < -0.4 is 0 Å². The van der Waals surface area contributed by atoms with E-state index in [-0.39, 0.29) is 11.5 Å². The monoisotopic (exact) mass is 406 g/mol. The number of hydrogen-bond acceptors (Lipinski definition) is 4. The molecule has 2 aromatic carbocycles. The van der Waals surface area contributed by atoms with Gasteiger partial charge >= 0.3 is 0 Å². The number of carbonyl (C=O) groups is 1. The van der Waals surface area contributed by atoms with Gasteiger partial charge in [-0.15, -0.1) is 0 Å². The number of benzene rings is 2. The zero-order chi connectivity index (χ0) is 20.1. The number of rotatable bonds is 7. The Labute approximate surface area is 170 Å². The van der Waals surface area contributed by atoms with Crippen LogP contribution in [0.1, 0.15) is 27.0 Å². The molecule has 0 saturated carbocycles. The largest absolute Gasteiger partial charge is 0.507 e. The fraction of sp³-hybridized carbons (Fsp3) is 0.286. The molecule has 0 spiro atoms. The molecule has 6 heteroatoms. The fourth-order valence-corrected chi connectivity index (χ4v) is 3.02. The Morgan fingerprint density at radius 3 is 2.00 bits per heavy atom. The number of phenols is 1. The van der Waals surface area contributed by atoms with Gasteiger partial charge in [0.05, 0.1) is 10.0 Å². The standard InChI is InChI=1S/C21H24Cl2N2O2/c1-24(2)12-16-10-15(11-17(21(16)27)13-25(3)4)20(26)8-6-14-5-7-18(22)19(23)9-14/h5-11,27H,12-13H2,1-4H3. The van der Waals surface area contributed by atoms with Gasteiger partial charge < -0.3 is 14.9 Å². The van der Waals surface area contributed by atoms with Gasteiger partial charge in [-0.2, -0.15) is 0 Å². The third-order valence-electron chi connectivity index (χ3n) is 3.90. The maximum absolute atomic E-state index is 12.7. The molecule has 27 heavy (non-hydrogen) atoms. The van der Waals surface area contributed by atoms with Crippen molar-refractivity contribution in [3.8, 4) is 5.75 Å². The van der Waals surface area contributed by atoms with Gasteiger partial charge in [-0.3, -0.25) is 4.79 Å². The highest BCUT2D eigenvalue weighted by atomic mass is 35.5. The topological polar surface area (TPSA) is 43.8 Å². The van der Waals surface area contributed by atoms with Gasteiger partial charge in [0.1, 0.15) is 5.75 Å². The summed E-state index contributed by atoms with van der Waals surface area (Å²) in [5.41, 5.74) is 2.78. The molecule has 0 aromatic heterocycles. The van der Waals surface area contributed by atoms with Crippen LogP contribution in [0, 0.1) is 0 Å². The summed E-state index contributed by atoms with van der Waals surface area (Å²) in [6, 6.07) is 8.69. The van der Waals surface area contributed by atoms with Crippen molar-refractivity contribution in [3.63, 3.8) is 0 Å². The molecule has 144 valence electrons. The van der Waals surface area contributed by atoms with Crippen molar-refractivity contribution in [2.24, 2.45) is 0 Å². The molecule has 1 N–H and O–H groups in total.